The van der Waals surface area contributed by atoms with Crippen LogP contribution in [-0.4, -0.2) is 41.5 Å². The molecule has 1 aliphatic heterocycles. The van der Waals surface area contributed by atoms with Gasteiger partial charge in [-0.15, -0.1) is 0 Å². The number of carboxylic acids is 1. The molecule has 1 amide bonds. The summed E-state index contributed by atoms with van der Waals surface area (Å²) >= 11 is 0. The molecule has 0 aromatic carbocycles. The van der Waals surface area contributed by atoms with Gasteiger partial charge in [-0.25, -0.2) is 4.79 Å². The Balaban J connectivity index is 2.30. The molecule has 0 radical (unpaired) electrons. The van der Waals surface area contributed by atoms with E-state index in [0.29, 0.717) is 24.5 Å². The molecule has 0 saturated carbocycles. The highest BCUT2D eigenvalue weighted by molar-refractivity contribution is 5.85. The Morgan fingerprint density at radius 1 is 1.41 bits per heavy atom. The van der Waals surface area contributed by atoms with Crippen LogP contribution in [0.4, 0.5) is 0 Å². The first-order valence-corrected chi connectivity index (χ1v) is 5.89. The highest BCUT2D eigenvalue weighted by atomic mass is 16.4. The van der Waals surface area contributed by atoms with Crippen LogP contribution in [0.15, 0.2) is 11.6 Å². The number of carboxylic acid groups (broad SMARTS) is 1. The maximum atomic E-state index is 10.8. The molecule has 1 saturated heterocycles. The van der Waals surface area contributed by atoms with E-state index in [9.17, 15) is 9.59 Å². The largest absolute Gasteiger partial charge is 0.478 e. The molecule has 1 rings (SSSR count). The molecule has 1 fully saturated rings. The minimum Gasteiger partial charge on any atom is -0.478 e. The van der Waals surface area contributed by atoms with Crippen molar-refractivity contribution in [2.24, 2.45) is 11.7 Å². The molecule has 0 atom stereocenters. The molecule has 96 valence electrons. The van der Waals surface area contributed by atoms with Crippen molar-refractivity contribution < 1.29 is 14.7 Å². The highest BCUT2D eigenvalue weighted by Gasteiger charge is 2.19. The van der Waals surface area contributed by atoms with Gasteiger partial charge in [0.25, 0.3) is 0 Å². The quantitative estimate of drug-likeness (QED) is 0.689. The Morgan fingerprint density at radius 3 is 2.47 bits per heavy atom. The van der Waals surface area contributed by atoms with Crippen molar-refractivity contribution in [3.8, 4) is 0 Å². The Bertz CT molecular complexity index is 318. The number of hydrogen-bond acceptors (Lipinski definition) is 3. The Kier molecular flexibility index (Phi) is 5.15. The number of hydrogen-bond donors (Lipinski definition) is 2. The van der Waals surface area contributed by atoms with E-state index in [1.54, 1.807) is 13.0 Å². The molecule has 0 aliphatic carbocycles. The van der Waals surface area contributed by atoms with E-state index >= 15 is 0 Å². The number of aliphatic carboxylic acids is 1. The third-order valence-electron chi connectivity index (χ3n) is 3.19. The van der Waals surface area contributed by atoms with E-state index in [4.69, 9.17) is 10.8 Å². The van der Waals surface area contributed by atoms with Crippen LogP contribution in [0.2, 0.25) is 0 Å². The van der Waals surface area contributed by atoms with Gasteiger partial charge in [-0.3, -0.25) is 9.69 Å². The average Bonchev–Trinajstić information content (AvgIpc) is 2.26. The molecular formula is C12H20N2O3. The minimum atomic E-state index is -0.867. The summed E-state index contributed by atoms with van der Waals surface area (Å²) in [6, 6.07) is 0. The number of likely N-dealkylation sites (tertiary alicyclic amines) is 1. The van der Waals surface area contributed by atoms with Crippen LogP contribution in [0, 0.1) is 5.92 Å². The van der Waals surface area contributed by atoms with Crippen molar-refractivity contribution in [2.45, 2.75) is 26.2 Å². The number of nitrogens with zero attached hydrogens (tertiary/aromatic N) is 1. The maximum Gasteiger partial charge on any atom is 0.330 e. The van der Waals surface area contributed by atoms with Gasteiger partial charge in [0.15, 0.2) is 0 Å². The zero-order valence-electron chi connectivity index (χ0n) is 10.2. The lowest BCUT2D eigenvalue weighted by Gasteiger charge is -2.30. The zero-order chi connectivity index (χ0) is 12.8. The van der Waals surface area contributed by atoms with Gasteiger partial charge in [-0.05, 0) is 38.8 Å². The number of nitrogens with two attached hydrogens (primary N) is 1. The lowest BCUT2D eigenvalue weighted by atomic mass is 9.93. The minimum absolute atomic E-state index is 0.231. The first-order valence-electron chi connectivity index (χ1n) is 5.89. The van der Waals surface area contributed by atoms with Crippen LogP contribution in [0.3, 0.4) is 0 Å². The normalized spacial score (nSPS) is 19.2. The van der Waals surface area contributed by atoms with Crippen molar-refractivity contribution in [3.05, 3.63) is 11.6 Å². The summed E-state index contributed by atoms with van der Waals surface area (Å²) in [6.45, 7) is 4.08. The van der Waals surface area contributed by atoms with E-state index in [2.05, 4.69) is 4.90 Å². The monoisotopic (exact) mass is 240 g/mol. The number of carbonyl (C=O) groups excluding carboxylic acids is 1. The summed E-state index contributed by atoms with van der Waals surface area (Å²) in [6.07, 6.45) is 4.13. The third kappa shape index (κ3) is 4.99. The van der Waals surface area contributed by atoms with Crippen LogP contribution < -0.4 is 5.73 Å². The summed E-state index contributed by atoms with van der Waals surface area (Å²) in [4.78, 5) is 23.6. The number of carbonyl (C=O) groups is 2. The van der Waals surface area contributed by atoms with Crippen molar-refractivity contribution in [3.63, 3.8) is 0 Å². The molecule has 0 aromatic heterocycles. The topological polar surface area (TPSA) is 83.6 Å². The van der Waals surface area contributed by atoms with Gasteiger partial charge in [-0.1, -0.05) is 6.08 Å². The van der Waals surface area contributed by atoms with Crippen molar-refractivity contribution in [1.82, 2.24) is 4.90 Å². The van der Waals surface area contributed by atoms with Gasteiger partial charge >= 0.3 is 5.97 Å². The smallest absolute Gasteiger partial charge is 0.330 e. The molecule has 0 bridgehead atoms. The molecule has 3 N–H and O–H groups in total. The fourth-order valence-corrected chi connectivity index (χ4v) is 2.01. The van der Waals surface area contributed by atoms with Crippen molar-refractivity contribution >= 4 is 11.9 Å². The second kappa shape index (κ2) is 6.39. The van der Waals surface area contributed by atoms with Gasteiger partial charge < -0.3 is 10.8 Å². The summed E-state index contributed by atoms with van der Waals surface area (Å²) in [7, 11) is 0. The van der Waals surface area contributed by atoms with Gasteiger partial charge in [0.1, 0.15) is 0 Å². The first-order chi connectivity index (χ1) is 7.99. The molecule has 1 heterocycles. The van der Waals surface area contributed by atoms with Crippen LogP contribution >= 0.6 is 0 Å². The summed E-state index contributed by atoms with van der Waals surface area (Å²) in [5.41, 5.74) is 5.54. The average molecular weight is 240 g/mol. The van der Waals surface area contributed by atoms with Gasteiger partial charge in [0.05, 0.1) is 0 Å². The SMILES string of the molecule is CC(=CCN1CCC(CC(N)=O)CC1)C(=O)O. The summed E-state index contributed by atoms with van der Waals surface area (Å²) < 4.78 is 0. The van der Waals surface area contributed by atoms with Gasteiger partial charge in [0, 0.05) is 18.5 Å². The van der Waals surface area contributed by atoms with E-state index < -0.39 is 5.97 Å². The number of rotatable bonds is 5. The maximum absolute atomic E-state index is 10.8. The fourth-order valence-electron chi connectivity index (χ4n) is 2.01. The lowest BCUT2D eigenvalue weighted by Crippen LogP contribution is -2.35. The Labute approximate surface area is 101 Å². The molecular weight excluding hydrogens is 220 g/mol. The van der Waals surface area contributed by atoms with E-state index in [1.165, 1.54) is 0 Å². The summed E-state index contributed by atoms with van der Waals surface area (Å²) in [5, 5.41) is 8.71. The summed E-state index contributed by atoms with van der Waals surface area (Å²) in [5.74, 6) is -0.702. The predicted molar refractivity (Wildman–Crippen MR) is 64.4 cm³/mol. The third-order valence-corrected chi connectivity index (χ3v) is 3.19. The highest BCUT2D eigenvalue weighted by Crippen LogP contribution is 2.19. The number of primary amides is 1. The Morgan fingerprint density at radius 2 is 2.00 bits per heavy atom. The molecule has 0 spiro atoms. The van der Waals surface area contributed by atoms with Crippen LogP contribution in [-0.2, 0) is 9.59 Å². The van der Waals surface area contributed by atoms with E-state index in [-0.39, 0.29) is 5.91 Å². The molecule has 17 heavy (non-hydrogen) atoms. The Hall–Kier alpha value is -1.36. The van der Waals surface area contributed by atoms with Crippen LogP contribution in [0.1, 0.15) is 26.2 Å². The van der Waals surface area contributed by atoms with Crippen LogP contribution in [0.25, 0.3) is 0 Å². The second-order valence-corrected chi connectivity index (χ2v) is 4.61. The second-order valence-electron chi connectivity index (χ2n) is 4.61. The number of piperidine rings is 1. The predicted octanol–water partition coefficient (Wildman–Crippen LogP) is 0.605. The van der Waals surface area contributed by atoms with E-state index in [0.717, 1.165) is 25.9 Å². The van der Waals surface area contributed by atoms with Crippen molar-refractivity contribution in [1.29, 1.82) is 0 Å². The zero-order valence-corrected chi connectivity index (χ0v) is 10.2. The van der Waals surface area contributed by atoms with Crippen molar-refractivity contribution in [2.75, 3.05) is 19.6 Å². The molecule has 5 heteroatoms. The van der Waals surface area contributed by atoms with Gasteiger partial charge in [0.2, 0.25) is 5.91 Å². The standard InChI is InChI=1S/C12H20N2O3/c1-9(12(16)17)2-5-14-6-3-10(4-7-14)8-11(13)15/h2,10H,3-8H2,1H3,(H2,13,15)(H,16,17). The van der Waals surface area contributed by atoms with Crippen LogP contribution in [0.5, 0.6) is 0 Å². The fraction of sp³-hybridized carbons (Fsp3) is 0.667. The molecule has 0 aromatic rings. The first kappa shape index (κ1) is 13.7. The molecule has 0 unspecified atom stereocenters. The molecule has 1 aliphatic rings. The lowest BCUT2D eigenvalue weighted by molar-refractivity contribution is -0.132. The molecule has 5 nitrogen and oxygen atoms in total. The number of amides is 1. The van der Waals surface area contributed by atoms with Gasteiger partial charge in [-0.2, -0.15) is 0 Å². The van der Waals surface area contributed by atoms with E-state index in [1.807, 2.05) is 0 Å².